The highest BCUT2D eigenvalue weighted by Crippen LogP contribution is 2.17. The summed E-state index contributed by atoms with van der Waals surface area (Å²) in [5.41, 5.74) is 9.28. The molecule has 96 valence electrons. The average Bonchev–Trinajstić information content (AvgIpc) is 2.88. The van der Waals surface area contributed by atoms with E-state index in [1.807, 2.05) is 31.2 Å². The second kappa shape index (κ2) is 4.74. The summed E-state index contributed by atoms with van der Waals surface area (Å²) in [5.74, 6) is 0.663. The van der Waals surface area contributed by atoms with Gasteiger partial charge in [-0.05, 0) is 13.5 Å². The number of rotatable bonds is 3. The van der Waals surface area contributed by atoms with Crippen LogP contribution in [0.1, 0.15) is 11.3 Å². The first-order chi connectivity index (χ1) is 9.28. The van der Waals surface area contributed by atoms with E-state index in [-0.39, 0.29) is 0 Å². The van der Waals surface area contributed by atoms with E-state index in [1.54, 1.807) is 10.8 Å². The molecule has 0 radical (unpaired) electrons. The van der Waals surface area contributed by atoms with Crippen molar-refractivity contribution >= 4 is 5.65 Å². The zero-order valence-corrected chi connectivity index (χ0v) is 10.6. The maximum absolute atomic E-state index is 5.61. The van der Waals surface area contributed by atoms with Crippen LogP contribution >= 0.6 is 0 Å². The molecule has 3 rings (SSSR count). The molecule has 2 heterocycles. The molecule has 2 N–H and O–H groups in total. The lowest BCUT2D eigenvalue weighted by Gasteiger charge is -2.05. The van der Waals surface area contributed by atoms with E-state index in [4.69, 9.17) is 5.73 Å². The summed E-state index contributed by atoms with van der Waals surface area (Å²) in [7, 11) is 0. The number of hydrogen-bond donors (Lipinski definition) is 1. The van der Waals surface area contributed by atoms with Crippen molar-refractivity contribution in [2.45, 2.75) is 13.3 Å². The first kappa shape index (κ1) is 11.7. The lowest BCUT2D eigenvalue weighted by molar-refractivity contribution is 0.845. The second-order valence-corrected chi connectivity index (χ2v) is 4.39. The summed E-state index contributed by atoms with van der Waals surface area (Å²) in [5, 5.41) is 12.3. The average molecular weight is 254 g/mol. The molecule has 0 aliphatic heterocycles. The van der Waals surface area contributed by atoms with Gasteiger partial charge in [0.1, 0.15) is 6.33 Å². The smallest absolute Gasteiger partial charge is 0.199 e. The molecular weight excluding hydrogens is 240 g/mol. The maximum atomic E-state index is 5.61. The summed E-state index contributed by atoms with van der Waals surface area (Å²) >= 11 is 0. The lowest BCUT2D eigenvalue weighted by atomic mass is 10.1. The minimum atomic E-state index is 0.521. The Morgan fingerprint density at radius 2 is 2.00 bits per heavy atom. The van der Waals surface area contributed by atoms with Gasteiger partial charge >= 0.3 is 0 Å². The second-order valence-electron chi connectivity index (χ2n) is 4.39. The van der Waals surface area contributed by atoms with Gasteiger partial charge in [0.2, 0.25) is 0 Å². The number of nitrogens with two attached hydrogens (primary N) is 1. The molecule has 0 bridgehead atoms. The van der Waals surface area contributed by atoms with Gasteiger partial charge in [0.25, 0.3) is 0 Å². The van der Waals surface area contributed by atoms with Crippen LogP contribution in [0.3, 0.4) is 0 Å². The van der Waals surface area contributed by atoms with Crippen molar-refractivity contribution in [1.82, 2.24) is 24.8 Å². The number of benzene rings is 1. The summed E-state index contributed by atoms with van der Waals surface area (Å²) in [6, 6.07) is 8.09. The predicted molar refractivity (Wildman–Crippen MR) is 71.5 cm³/mol. The van der Waals surface area contributed by atoms with Crippen LogP contribution < -0.4 is 5.73 Å². The number of aromatic nitrogens is 5. The molecule has 1 aromatic carbocycles. The molecule has 0 unspecified atom stereocenters. The number of nitrogens with zero attached hydrogens (tertiary/aromatic N) is 5. The zero-order valence-electron chi connectivity index (χ0n) is 10.6. The zero-order chi connectivity index (χ0) is 13.2. The van der Waals surface area contributed by atoms with E-state index in [0.29, 0.717) is 24.4 Å². The van der Waals surface area contributed by atoms with Gasteiger partial charge in [-0.15, -0.1) is 15.3 Å². The number of fused-ring (bicyclic) bond motifs is 1. The van der Waals surface area contributed by atoms with Gasteiger partial charge in [0, 0.05) is 12.0 Å². The Bertz CT molecular complexity index is 701. The van der Waals surface area contributed by atoms with Gasteiger partial charge in [-0.25, -0.2) is 4.98 Å². The van der Waals surface area contributed by atoms with Crippen molar-refractivity contribution in [2.75, 3.05) is 6.54 Å². The molecule has 0 spiro atoms. The molecule has 19 heavy (non-hydrogen) atoms. The molecule has 0 saturated carbocycles. The van der Waals surface area contributed by atoms with E-state index in [0.717, 1.165) is 11.3 Å². The van der Waals surface area contributed by atoms with Crippen LogP contribution in [0.4, 0.5) is 0 Å². The van der Waals surface area contributed by atoms with Crippen LogP contribution in [-0.2, 0) is 6.42 Å². The number of aryl methyl sites for hydroxylation is 1. The fourth-order valence-electron chi connectivity index (χ4n) is 1.92. The van der Waals surface area contributed by atoms with Crippen molar-refractivity contribution in [3.05, 3.63) is 41.9 Å². The first-order valence-electron chi connectivity index (χ1n) is 6.12. The van der Waals surface area contributed by atoms with Gasteiger partial charge in [-0.2, -0.15) is 4.52 Å². The molecule has 0 fully saturated rings. The summed E-state index contributed by atoms with van der Waals surface area (Å²) in [6.07, 6.45) is 2.23. The van der Waals surface area contributed by atoms with Gasteiger partial charge in [-0.1, -0.05) is 29.8 Å². The van der Waals surface area contributed by atoms with Crippen LogP contribution in [0.25, 0.3) is 17.0 Å². The Kier molecular flexibility index (Phi) is 2.92. The molecule has 2 aromatic heterocycles. The number of hydrogen-bond acceptors (Lipinski definition) is 5. The Labute approximate surface area is 110 Å². The third-order valence-electron chi connectivity index (χ3n) is 2.92. The van der Waals surface area contributed by atoms with E-state index in [1.165, 1.54) is 5.56 Å². The maximum Gasteiger partial charge on any atom is 0.199 e. The minimum absolute atomic E-state index is 0.521. The molecule has 6 heteroatoms. The summed E-state index contributed by atoms with van der Waals surface area (Å²) in [6.45, 7) is 2.57. The summed E-state index contributed by atoms with van der Waals surface area (Å²) in [4.78, 5) is 4.55. The van der Waals surface area contributed by atoms with E-state index >= 15 is 0 Å². The quantitative estimate of drug-likeness (QED) is 0.754. The minimum Gasteiger partial charge on any atom is -0.330 e. The van der Waals surface area contributed by atoms with Gasteiger partial charge in [0.05, 0.1) is 5.69 Å². The molecular formula is C13H14N6. The Morgan fingerprint density at radius 1 is 1.21 bits per heavy atom. The highest BCUT2D eigenvalue weighted by atomic mass is 15.4. The predicted octanol–water partition coefficient (Wildman–Crippen LogP) is 0.996. The largest absolute Gasteiger partial charge is 0.330 e. The van der Waals surface area contributed by atoms with Gasteiger partial charge in [0.15, 0.2) is 11.5 Å². The van der Waals surface area contributed by atoms with Crippen molar-refractivity contribution < 1.29 is 0 Å². The molecule has 3 aromatic rings. The van der Waals surface area contributed by atoms with Crippen LogP contribution in [0.5, 0.6) is 0 Å². The van der Waals surface area contributed by atoms with Crippen molar-refractivity contribution in [3.8, 4) is 11.4 Å². The molecule has 0 aliphatic carbocycles. The highest BCUT2D eigenvalue weighted by Gasteiger charge is 2.10. The van der Waals surface area contributed by atoms with Crippen molar-refractivity contribution in [2.24, 2.45) is 5.73 Å². The molecule has 6 nitrogen and oxygen atoms in total. The third kappa shape index (κ3) is 2.17. The van der Waals surface area contributed by atoms with Crippen LogP contribution in [0.2, 0.25) is 0 Å². The van der Waals surface area contributed by atoms with E-state index in [9.17, 15) is 0 Å². The highest BCUT2D eigenvalue weighted by molar-refractivity contribution is 5.57. The molecule has 0 aliphatic rings. The first-order valence-corrected chi connectivity index (χ1v) is 6.12. The van der Waals surface area contributed by atoms with Gasteiger partial charge in [-0.3, -0.25) is 0 Å². The van der Waals surface area contributed by atoms with E-state index < -0.39 is 0 Å². The van der Waals surface area contributed by atoms with Crippen molar-refractivity contribution in [3.63, 3.8) is 0 Å². The van der Waals surface area contributed by atoms with Gasteiger partial charge < -0.3 is 5.73 Å². The SMILES string of the molecule is Cc1ccc(-c2nc(CCN)c3nncn3n2)cc1. The van der Waals surface area contributed by atoms with Crippen LogP contribution in [0.15, 0.2) is 30.6 Å². The molecule has 0 amide bonds. The Balaban J connectivity index is 2.15. The topological polar surface area (TPSA) is 82.0 Å². The van der Waals surface area contributed by atoms with Crippen LogP contribution in [-0.4, -0.2) is 31.3 Å². The normalized spacial score (nSPS) is 11.1. The fourth-order valence-corrected chi connectivity index (χ4v) is 1.92. The summed E-state index contributed by atoms with van der Waals surface area (Å²) < 4.78 is 1.65. The monoisotopic (exact) mass is 254 g/mol. The standard InChI is InChI=1S/C13H14N6/c1-9-2-4-10(5-3-9)12-16-11(6-7-14)13-17-15-8-19(13)18-12/h2-5,8H,6-7,14H2,1H3. The van der Waals surface area contributed by atoms with Crippen LogP contribution in [0, 0.1) is 6.92 Å². The Morgan fingerprint density at radius 3 is 2.74 bits per heavy atom. The third-order valence-corrected chi connectivity index (χ3v) is 2.92. The van der Waals surface area contributed by atoms with E-state index in [2.05, 4.69) is 20.3 Å². The molecule has 0 saturated heterocycles. The lowest BCUT2D eigenvalue weighted by Crippen LogP contribution is -2.09. The Hall–Kier alpha value is -2.34. The fraction of sp³-hybridized carbons (Fsp3) is 0.231. The van der Waals surface area contributed by atoms with Crippen molar-refractivity contribution in [1.29, 1.82) is 0 Å². The molecule has 0 atom stereocenters.